The monoisotopic (exact) mass is 350 g/mol. The lowest BCUT2D eigenvalue weighted by molar-refractivity contribution is 0.0383. The lowest BCUT2D eigenvalue weighted by Gasteiger charge is -2.26. The average molecular weight is 350 g/mol. The summed E-state index contributed by atoms with van der Waals surface area (Å²) in [5.41, 5.74) is 0.535. The van der Waals surface area contributed by atoms with Crippen molar-refractivity contribution < 1.29 is 9.53 Å². The van der Waals surface area contributed by atoms with Gasteiger partial charge in [-0.15, -0.1) is 0 Å². The summed E-state index contributed by atoms with van der Waals surface area (Å²) in [6.07, 6.45) is 1.64. The third-order valence-electron chi connectivity index (χ3n) is 2.64. The number of H-pyrrole nitrogens is 1. The summed E-state index contributed by atoms with van der Waals surface area (Å²) in [4.78, 5) is 14.0. The van der Waals surface area contributed by atoms with Gasteiger partial charge in [-0.3, -0.25) is 14.8 Å². The molecule has 1 aromatic rings. The van der Waals surface area contributed by atoms with Crippen molar-refractivity contribution in [3.63, 3.8) is 0 Å². The van der Waals surface area contributed by atoms with Gasteiger partial charge < -0.3 is 10.1 Å². The molecule has 0 bridgehead atoms. The number of halogens is 1. The van der Waals surface area contributed by atoms with Crippen molar-refractivity contribution in [1.29, 1.82) is 0 Å². The van der Waals surface area contributed by atoms with Gasteiger partial charge >= 0.3 is 0 Å². The van der Waals surface area contributed by atoms with Crippen LogP contribution >= 0.6 is 22.6 Å². The minimum absolute atomic E-state index is 0.0971. The Balaban J connectivity index is 1.71. The Kier molecular flexibility index (Phi) is 4.75. The molecule has 0 unspecified atom stereocenters. The van der Waals surface area contributed by atoms with Crippen molar-refractivity contribution in [3.8, 4) is 0 Å². The molecule has 2 N–H and O–H groups in total. The van der Waals surface area contributed by atoms with Crippen LogP contribution < -0.4 is 5.32 Å². The Labute approximate surface area is 113 Å². The zero-order valence-electron chi connectivity index (χ0n) is 9.41. The van der Waals surface area contributed by atoms with Crippen LogP contribution in [0.4, 0.5) is 0 Å². The van der Waals surface area contributed by atoms with Gasteiger partial charge in [-0.05, 0) is 22.6 Å². The molecule has 0 saturated carbocycles. The van der Waals surface area contributed by atoms with Gasteiger partial charge in [0.15, 0.2) is 0 Å². The van der Waals surface area contributed by atoms with Crippen molar-refractivity contribution >= 4 is 28.5 Å². The van der Waals surface area contributed by atoms with Crippen molar-refractivity contribution in [1.82, 2.24) is 20.4 Å². The van der Waals surface area contributed by atoms with Gasteiger partial charge in [0.2, 0.25) is 0 Å². The zero-order chi connectivity index (χ0) is 12.1. The Hall–Kier alpha value is -0.670. The van der Waals surface area contributed by atoms with E-state index < -0.39 is 0 Å². The van der Waals surface area contributed by atoms with Crippen LogP contribution in [0.25, 0.3) is 0 Å². The van der Waals surface area contributed by atoms with E-state index in [4.69, 9.17) is 4.74 Å². The molecule has 2 heterocycles. The molecule has 1 aliphatic heterocycles. The van der Waals surface area contributed by atoms with Gasteiger partial charge in [-0.1, -0.05) is 0 Å². The van der Waals surface area contributed by atoms with Crippen LogP contribution in [0.1, 0.15) is 10.5 Å². The molecule has 0 atom stereocenters. The maximum absolute atomic E-state index is 11.7. The largest absolute Gasteiger partial charge is 0.379 e. The fourth-order valence-corrected chi connectivity index (χ4v) is 2.18. The number of hydrogen-bond acceptors (Lipinski definition) is 4. The maximum atomic E-state index is 11.7. The molecular weight excluding hydrogens is 335 g/mol. The highest BCUT2D eigenvalue weighted by molar-refractivity contribution is 14.1. The number of aromatic nitrogens is 2. The first-order valence-corrected chi connectivity index (χ1v) is 6.62. The summed E-state index contributed by atoms with van der Waals surface area (Å²) in [6.45, 7) is 4.96. The summed E-state index contributed by atoms with van der Waals surface area (Å²) in [5, 5.41) is 9.39. The highest BCUT2D eigenvalue weighted by Gasteiger charge is 2.13. The summed E-state index contributed by atoms with van der Waals surface area (Å²) in [7, 11) is 0. The molecule has 0 aromatic carbocycles. The Bertz CT molecular complexity index is 376. The number of nitrogens with zero attached hydrogens (tertiary/aromatic N) is 2. The number of carbonyl (C=O) groups is 1. The van der Waals surface area contributed by atoms with E-state index in [0.717, 1.165) is 36.4 Å². The molecule has 0 spiro atoms. The predicted octanol–water partition coefficient (Wildman–Crippen LogP) is 0.0763. The van der Waals surface area contributed by atoms with Gasteiger partial charge in [-0.2, -0.15) is 5.10 Å². The second kappa shape index (κ2) is 6.31. The first-order chi connectivity index (χ1) is 8.27. The van der Waals surface area contributed by atoms with Gasteiger partial charge in [0.05, 0.1) is 23.0 Å². The number of morpholine rings is 1. The second-order valence-electron chi connectivity index (χ2n) is 3.80. The molecular formula is C10H15IN4O2. The molecule has 0 radical (unpaired) electrons. The van der Waals surface area contributed by atoms with E-state index in [9.17, 15) is 4.79 Å². The molecule has 17 heavy (non-hydrogen) atoms. The number of aromatic amines is 1. The lowest BCUT2D eigenvalue weighted by Crippen LogP contribution is -2.41. The summed E-state index contributed by atoms with van der Waals surface area (Å²) >= 11 is 2.08. The number of nitrogens with one attached hydrogen (secondary N) is 2. The molecule has 94 valence electrons. The van der Waals surface area contributed by atoms with E-state index in [1.54, 1.807) is 6.20 Å². The van der Waals surface area contributed by atoms with E-state index in [2.05, 4.69) is 43.0 Å². The second-order valence-corrected chi connectivity index (χ2v) is 4.97. The quantitative estimate of drug-likeness (QED) is 0.755. The molecule has 2 rings (SSSR count). The normalized spacial score (nSPS) is 17.0. The maximum Gasteiger partial charge on any atom is 0.270 e. The van der Waals surface area contributed by atoms with Crippen molar-refractivity contribution in [3.05, 3.63) is 15.5 Å². The SMILES string of the molecule is O=C(NCCN1CCOCC1)c1[nH]ncc1I. The third kappa shape index (κ3) is 3.65. The molecule has 7 heteroatoms. The number of rotatable bonds is 4. The molecule has 1 amide bonds. The standard InChI is InChI=1S/C10H15IN4O2/c11-8-7-13-14-9(8)10(16)12-1-2-15-3-5-17-6-4-15/h7H,1-6H2,(H,12,16)(H,13,14). The highest BCUT2D eigenvalue weighted by atomic mass is 127. The lowest BCUT2D eigenvalue weighted by atomic mass is 10.4. The summed E-state index contributed by atoms with van der Waals surface area (Å²) < 4.78 is 6.10. The Morgan fingerprint density at radius 1 is 1.59 bits per heavy atom. The van der Waals surface area contributed by atoms with Crippen molar-refractivity contribution in [2.75, 3.05) is 39.4 Å². The van der Waals surface area contributed by atoms with Gasteiger partial charge in [0, 0.05) is 26.2 Å². The predicted molar refractivity (Wildman–Crippen MR) is 70.9 cm³/mol. The summed E-state index contributed by atoms with van der Waals surface area (Å²) in [5.74, 6) is -0.0971. The van der Waals surface area contributed by atoms with Crippen LogP contribution in [-0.4, -0.2) is 60.4 Å². The fraction of sp³-hybridized carbons (Fsp3) is 0.600. The van der Waals surface area contributed by atoms with E-state index >= 15 is 0 Å². The Morgan fingerprint density at radius 3 is 3.00 bits per heavy atom. The van der Waals surface area contributed by atoms with Crippen LogP contribution in [0.15, 0.2) is 6.20 Å². The van der Waals surface area contributed by atoms with Crippen molar-refractivity contribution in [2.45, 2.75) is 0 Å². The van der Waals surface area contributed by atoms with Crippen LogP contribution in [-0.2, 0) is 4.74 Å². The molecule has 0 aliphatic carbocycles. The first-order valence-electron chi connectivity index (χ1n) is 5.54. The fourth-order valence-electron chi connectivity index (χ4n) is 1.67. The molecule has 1 saturated heterocycles. The number of carbonyl (C=O) groups excluding carboxylic acids is 1. The number of ether oxygens (including phenoxy) is 1. The minimum Gasteiger partial charge on any atom is -0.379 e. The molecule has 1 aliphatic rings. The summed E-state index contributed by atoms with van der Waals surface area (Å²) in [6, 6.07) is 0. The number of amides is 1. The topological polar surface area (TPSA) is 70.2 Å². The minimum atomic E-state index is -0.0971. The van der Waals surface area contributed by atoms with E-state index in [0.29, 0.717) is 12.2 Å². The molecule has 1 fully saturated rings. The first kappa shape index (κ1) is 12.8. The van der Waals surface area contributed by atoms with Crippen LogP contribution in [0.3, 0.4) is 0 Å². The molecule has 1 aromatic heterocycles. The van der Waals surface area contributed by atoms with E-state index in [1.807, 2.05) is 0 Å². The van der Waals surface area contributed by atoms with Crippen LogP contribution in [0.5, 0.6) is 0 Å². The van der Waals surface area contributed by atoms with Gasteiger partial charge in [0.1, 0.15) is 5.69 Å². The smallest absolute Gasteiger partial charge is 0.270 e. The Morgan fingerprint density at radius 2 is 2.35 bits per heavy atom. The van der Waals surface area contributed by atoms with Gasteiger partial charge in [-0.25, -0.2) is 0 Å². The van der Waals surface area contributed by atoms with E-state index in [1.165, 1.54) is 0 Å². The number of hydrogen-bond donors (Lipinski definition) is 2. The van der Waals surface area contributed by atoms with Crippen molar-refractivity contribution in [2.24, 2.45) is 0 Å². The third-order valence-corrected chi connectivity index (χ3v) is 3.46. The van der Waals surface area contributed by atoms with Crippen LogP contribution in [0.2, 0.25) is 0 Å². The van der Waals surface area contributed by atoms with E-state index in [-0.39, 0.29) is 5.91 Å². The highest BCUT2D eigenvalue weighted by Crippen LogP contribution is 2.06. The molecule has 6 nitrogen and oxygen atoms in total. The van der Waals surface area contributed by atoms with Crippen LogP contribution in [0, 0.1) is 3.57 Å². The average Bonchev–Trinajstić information content (AvgIpc) is 2.77. The zero-order valence-corrected chi connectivity index (χ0v) is 11.6. The van der Waals surface area contributed by atoms with Gasteiger partial charge in [0.25, 0.3) is 5.91 Å².